The van der Waals surface area contributed by atoms with Gasteiger partial charge in [-0.15, -0.1) is 15.3 Å². The molecule has 2 rings (SSSR count). The van der Waals surface area contributed by atoms with Crippen LogP contribution in [0.3, 0.4) is 0 Å². The van der Waals surface area contributed by atoms with Crippen LogP contribution in [-0.4, -0.2) is 30.9 Å². The molecular weight excluding hydrogens is 256 g/mol. The Labute approximate surface area is 108 Å². The van der Waals surface area contributed by atoms with Crippen molar-refractivity contribution in [2.75, 3.05) is 11.9 Å². The first-order valence-electron chi connectivity index (χ1n) is 5.26. The first-order valence-corrected chi connectivity index (χ1v) is 7.02. The number of aromatic nitrogens is 5. The van der Waals surface area contributed by atoms with Gasteiger partial charge in [0.1, 0.15) is 16.5 Å². The summed E-state index contributed by atoms with van der Waals surface area (Å²) in [4.78, 5) is 0. The maximum absolute atomic E-state index is 4.11. The van der Waals surface area contributed by atoms with Crippen molar-refractivity contribution < 1.29 is 0 Å². The Morgan fingerprint density at radius 1 is 1.35 bits per heavy atom. The summed E-state index contributed by atoms with van der Waals surface area (Å²) >= 11 is 3.01. The van der Waals surface area contributed by atoms with Gasteiger partial charge >= 0.3 is 0 Å². The van der Waals surface area contributed by atoms with Crippen molar-refractivity contribution >= 4 is 28.3 Å². The van der Waals surface area contributed by atoms with E-state index in [-0.39, 0.29) is 0 Å². The number of hydrogen-bond acceptors (Lipinski definition) is 7. The topological polar surface area (TPSA) is 68.5 Å². The van der Waals surface area contributed by atoms with Gasteiger partial charge in [0.2, 0.25) is 0 Å². The van der Waals surface area contributed by atoms with Crippen molar-refractivity contribution in [2.45, 2.75) is 24.8 Å². The summed E-state index contributed by atoms with van der Waals surface area (Å²) in [6.07, 6.45) is 0. The summed E-state index contributed by atoms with van der Waals surface area (Å²) in [7, 11) is 1.96. The number of aryl methyl sites for hydroxylation is 1. The molecule has 0 radical (unpaired) electrons. The fourth-order valence-corrected chi connectivity index (χ4v) is 2.88. The lowest BCUT2D eigenvalue weighted by Gasteiger charge is -2.02. The molecule has 0 bridgehead atoms. The Hall–Kier alpha value is -1.15. The molecule has 0 atom stereocenters. The minimum atomic E-state index is 0.755. The maximum atomic E-state index is 4.11. The van der Waals surface area contributed by atoms with Gasteiger partial charge in [-0.2, -0.15) is 0 Å². The molecule has 92 valence electrons. The zero-order valence-corrected chi connectivity index (χ0v) is 11.6. The van der Waals surface area contributed by atoms with Crippen LogP contribution in [0.2, 0.25) is 0 Å². The number of nitrogens with one attached hydrogen (secondary N) is 1. The van der Waals surface area contributed by atoms with Gasteiger partial charge in [-0.25, -0.2) is 0 Å². The fourth-order valence-electron chi connectivity index (χ4n) is 1.24. The van der Waals surface area contributed by atoms with Crippen molar-refractivity contribution in [3.8, 4) is 0 Å². The highest BCUT2D eigenvalue weighted by atomic mass is 32.2. The summed E-state index contributed by atoms with van der Waals surface area (Å²) in [5, 5.41) is 17.4. The Balaban J connectivity index is 2.02. The van der Waals surface area contributed by atoms with E-state index in [1.807, 2.05) is 18.5 Å². The third-order valence-electron chi connectivity index (χ3n) is 2.28. The monoisotopic (exact) mass is 270 g/mol. The highest BCUT2D eigenvalue weighted by molar-refractivity contribution is 7.98. The number of hydrogen-bond donors (Lipinski definition) is 1. The van der Waals surface area contributed by atoms with Gasteiger partial charge in [-0.1, -0.05) is 16.3 Å². The second kappa shape index (κ2) is 5.46. The Bertz CT molecular complexity index is 491. The number of anilines is 1. The molecule has 2 aromatic rings. The Morgan fingerprint density at radius 3 is 2.82 bits per heavy atom. The lowest BCUT2D eigenvalue weighted by atomic mass is 10.5. The molecule has 0 aliphatic rings. The van der Waals surface area contributed by atoms with Gasteiger partial charge in [-0.3, -0.25) is 0 Å². The van der Waals surface area contributed by atoms with Gasteiger partial charge in [0, 0.05) is 30.9 Å². The molecular formula is C9H14N6S2. The molecule has 2 aromatic heterocycles. The van der Waals surface area contributed by atoms with E-state index in [0.717, 1.165) is 34.0 Å². The summed E-state index contributed by atoms with van der Waals surface area (Å²) in [6, 6.07) is 0. The summed E-state index contributed by atoms with van der Waals surface area (Å²) in [5.74, 6) is 1.67. The molecule has 0 saturated heterocycles. The zero-order valence-electron chi connectivity index (χ0n) is 9.97. The molecule has 2 heterocycles. The van der Waals surface area contributed by atoms with Gasteiger partial charge in [0.25, 0.3) is 0 Å². The van der Waals surface area contributed by atoms with Crippen LogP contribution >= 0.6 is 23.3 Å². The molecule has 1 N–H and O–H groups in total. The largest absolute Gasteiger partial charge is 0.374 e. The minimum absolute atomic E-state index is 0.755. The van der Waals surface area contributed by atoms with Crippen molar-refractivity contribution in [2.24, 2.45) is 7.05 Å². The molecule has 0 aromatic carbocycles. The van der Waals surface area contributed by atoms with E-state index in [1.54, 1.807) is 11.8 Å². The highest BCUT2D eigenvalue weighted by Crippen LogP contribution is 2.26. The summed E-state index contributed by atoms with van der Waals surface area (Å²) in [6.45, 7) is 4.87. The lowest BCUT2D eigenvalue weighted by molar-refractivity contribution is 0.765. The second-order valence-corrected chi connectivity index (χ2v) is 5.15. The minimum Gasteiger partial charge on any atom is -0.374 e. The Morgan fingerprint density at radius 2 is 2.18 bits per heavy atom. The van der Waals surface area contributed by atoms with Gasteiger partial charge < -0.3 is 9.88 Å². The molecule has 0 unspecified atom stereocenters. The van der Waals surface area contributed by atoms with Crippen molar-refractivity contribution in [1.82, 2.24) is 24.4 Å². The predicted octanol–water partition coefficient (Wildman–Crippen LogP) is 1.70. The number of rotatable bonds is 5. The van der Waals surface area contributed by atoms with Gasteiger partial charge in [-0.05, 0) is 13.8 Å². The first kappa shape index (κ1) is 12.3. The van der Waals surface area contributed by atoms with Gasteiger partial charge in [0.05, 0.1) is 0 Å². The average Bonchev–Trinajstić information content (AvgIpc) is 2.87. The normalized spacial score (nSPS) is 10.8. The molecule has 0 aliphatic heterocycles. The molecule has 6 nitrogen and oxygen atoms in total. The first-order chi connectivity index (χ1) is 8.22. The van der Waals surface area contributed by atoms with E-state index < -0.39 is 0 Å². The van der Waals surface area contributed by atoms with Crippen LogP contribution in [0.25, 0.3) is 0 Å². The van der Waals surface area contributed by atoms with Crippen molar-refractivity contribution in [3.05, 3.63) is 11.5 Å². The van der Waals surface area contributed by atoms with E-state index in [2.05, 4.69) is 32.0 Å². The van der Waals surface area contributed by atoms with E-state index in [1.165, 1.54) is 11.5 Å². The maximum Gasteiger partial charge on any atom is 0.191 e. The lowest BCUT2D eigenvalue weighted by Crippen LogP contribution is -1.98. The van der Waals surface area contributed by atoms with Crippen LogP contribution < -0.4 is 5.32 Å². The second-order valence-electron chi connectivity index (χ2n) is 3.46. The van der Waals surface area contributed by atoms with E-state index in [9.17, 15) is 0 Å². The van der Waals surface area contributed by atoms with Crippen LogP contribution in [0.5, 0.6) is 0 Å². The third kappa shape index (κ3) is 2.75. The molecule has 8 heteroatoms. The predicted molar refractivity (Wildman–Crippen MR) is 69.4 cm³/mol. The molecule has 0 saturated carbocycles. The van der Waals surface area contributed by atoms with E-state index in [4.69, 9.17) is 0 Å². The fraction of sp³-hybridized carbons (Fsp3) is 0.556. The van der Waals surface area contributed by atoms with Crippen LogP contribution in [-0.2, 0) is 12.8 Å². The van der Waals surface area contributed by atoms with E-state index >= 15 is 0 Å². The van der Waals surface area contributed by atoms with Crippen LogP contribution in [0.1, 0.15) is 18.4 Å². The molecule has 0 amide bonds. The van der Waals surface area contributed by atoms with Gasteiger partial charge in [0.15, 0.2) is 5.16 Å². The standard InChI is InChI=1S/C9H14N6S2/c1-4-10-8-7(12-14-17-8)5-16-9-13-11-6(2)15(9)3/h10H,4-5H2,1-3H3. The van der Waals surface area contributed by atoms with Crippen LogP contribution in [0.4, 0.5) is 5.00 Å². The van der Waals surface area contributed by atoms with Crippen LogP contribution in [0, 0.1) is 6.92 Å². The van der Waals surface area contributed by atoms with Crippen LogP contribution in [0.15, 0.2) is 5.16 Å². The Kier molecular flexibility index (Phi) is 3.95. The molecule has 0 aliphatic carbocycles. The summed E-state index contributed by atoms with van der Waals surface area (Å²) in [5.41, 5.74) is 0.975. The third-order valence-corrected chi connectivity index (χ3v) is 4.04. The zero-order chi connectivity index (χ0) is 12.3. The molecule has 0 spiro atoms. The average molecular weight is 270 g/mol. The SMILES string of the molecule is CCNc1snnc1CSc1nnc(C)n1C. The molecule has 0 fully saturated rings. The van der Waals surface area contributed by atoms with Crippen molar-refractivity contribution in [1.29, 1.82) is 0 Å². The number of thioether (sulfide) groups is 1. The quantitative estimate of drug-likeness (QED) is 0.834. The van der Waals surface area contributed by atoms with Crippen molar-refractivity contribution in [3.63, 3.8) is 0 Å². The van der Waals surface area contributed by atoms with E-state index in [0.29, 0.717) is 0 Å². The molecule has 17 heavy (non-hydrogen) atoms. The summed E-state index contributed by atoms with van der Waals surface area (Å²) < 4.78 is 5.92. The number of nitrogens with zero attached hydrogens (tertiary/aromatic N) is 5. The smallest absolute Gasteiger partial charge is 0.191 e. The highest BCUT2D eigenvalue weighted by Gasteiger charge is 2.10.